The van der Waals surface area contributed by atoms with Crippen LogP contribution in [0, 0.1) is 27.7 Å². The van der Waals surface area contributed by atoms with Crippen molar-refractivity contribution in [3.05, 3.63) is 153 Å². The smallest absolute Gasteiger partial charge is 0.399 e. The van der Waals surface area contributed by atoms with Crippen LogP contribution in [-0.4, -0.2) is 60.6 Å². The van der Waals surface area contributed by atoms with E-state index in [0.29, 0.717) is 17.8 Å². The lowest BCUT2D eigenvalue weighted by Crippen LogP contribution is -2.36. The summed E-state index contributed by atoms with van der Waals surface area (Å²) in [5, 5.41) is 17.1. The van der Waals surface area contributed by atoms with E-state index in [9.17, 15) is 35.9 Å². The molecule has 2 aromatic heterocycles. The van der Waals surface area contributed by atoms with Crippen molar-refractivity contribution in [3.63, 3.8) is 0 Å². The molecular formula is C50H54F6IN15O2. The summed E-state index contributed by atoms with van der Waals surface area (Å²) in [4.78, 5) is 34.3. The number of nitrogen functional groups attached to an aromatic ring is 1. The summed E-state index contributed by atoms with van der Waals surface area (Å²) >= 11 is 2.15. The molecule has 8 N–H and O–H groups in total. The summed E-state index contributed by atoms with van der Waals surface area (Å²) in [7, 11) is 5.57. The highest BCUT2D eigenvalue weighted by Crippen LogP contribution is 2.36. The number of rotatable bonds is 9. The van der Waals surface area contributed by atoms with Crippen LogP contribution in [0.15, 0.2) is 103 Å². The first kappa shape index (κ1) is 54.2. The Morgan fingerprint density at radius 3 is 1.54 bits per heavy atom. The third kappa shape index (κ3) is 12.4. The first-order valence-electron chi connectivity index (χ1n) is 22.8. The molecular weight excluding hydrogens is 1080 g/mol. The Kier molecular flexibility index (Phi) is 16.3. The fourth-order valence-corrected chi connectivity index (χ4v) is 8.00. The Labute approximate surface area is 436 Å². The lowest BCUT2D eigenvalue weighted by atomic mass is 10.1. The number of hydrogen-bond acceptors (Lipinski definition) is 12. The van der Waals surface area contributed by atoms with Gasteiger partial charge in [0.2, 0.25) is 0 Å². The largest absolute Gasteiger partial charge is 0.416 e. The molecule has 0 saturated carbocycles. The molecule has 0 bridgehead atoms. The summed E-state index contributed by atoms with van der Waals surface area (Å²) < 4.78 is 83.7. The van der Waals surface area contributed by atoms with Crippen LogP contribution < -0.4 is 48.3 Å². The highest BCUT2D eigenvalue weighted by Gasteiger charge is 2.33. The van der Waals surface area contributed by atoms with E-state index in [1.54, 1.807) is 68.2 Å². The molecule has 6 aromatic rings. The number of amidine groups is 1. The molecule has 17 nitrogen and oxygen atoms in total. The minimum absolute atomic E-state index is 0.0205. The zero-order chi connectivity index (χ0) is 53.8. The average Bonchev–Trinajstić information content (AvgIpc) is 4.22. The van der Waals surface area contributed by atoms with Crippen molar-refractivity contribution in [3.8, 4) is 0 Å². The molecule has 1 saturated heterocycles. The highest BCUT2D eigenvalue weighted by atomic mass is 127. The first-order valence-corrected chi connectivity index (χ1v) is 24.9. The summed E-state index contributed by atoms with van der Waals surface area (Å²) in [6, 6.07) is 16.4. The van der Waals surface area contributed by atoms with E-state index in [2.05, 4.69) is 70.3 Å². The zero-order valence-electron chi connectivity index (χ0n) is 41.5. The third-order valence-electron chi connectivity index (χ3n) is 12.3. The maximum atomic E-state index is 13.6. The third-order valence-corrected chi connectivity index (χ3v) is 12.3. The van der Waals surface area contributed by atoms with Gasteiger partial charge in [-0.25, -0.2) is 4.99 Å². The maximum Gasteiger partial charge on any atom is 0.416 e. The molecule has 0 unspecified atom stereocenters. The van der Waals surface area contributed by atoms with Crippen molar-refractivity contribution in [1.29, 1.82) is 0 Å². The van der Waals surface area contributed by atoms with Crippen LogP contribution in [-0.2, 0) is 26.4 Å². The van der Waals surface area contributed by atoms with E-state index < -0.39 is 35.3 Å². The average molecular weight is 1140 g/mol. The standard InChI is InChI=1S/C27H29F3N8O.C22H22F3N7O.CH3I/c1-16-7-8-18(10-24(16)38-15-23(34-35-38)22-14-31-37(4)17(22)2)26(39)33-21-12-19(27(28,29)30)11-20(13-21)32-25-6-5-9-36(25)3;1-12-4-5-14(21(33)28-17-8-15(22(23,24)25)7-16(26)9-17)6-20(12)32-11-19(29-30-32)18-10-27-31(3)13(18)2;1-2/h7-8,10-15,34-35H,5-6,9H2,1-4H3,(H,33,39);4-11,29-30H,26H2,1-3H3,(H,28,33);1H3. The van der Waals surface area contributed by atoms with Crippen LogP contribution in [0.3, 0.4) is 0 Å². The number of benzene rings is 4. The number of nitrogens with one attached hydrogen (secondary N) is 6. The number of aromatic nitrogens is 4. The van der Waals surface area contributed by atoms with Crippen LogP contribution in [0.2, 0.25) is 0 Å². The number of halogens is 7. The Bertz CT molecular complexity index is 3180. The molecule has 390 valence electrons. The number of amides is 2. The Hall–Kier alpha value is -7.58. The van der Waals surface area contributed by atoms with Gasteiger partial charge in [-0.05, 0) is 111 Å². The quantitative estimate of drug-likeness (QED) is 0.0315. The number of carbonyl (C=O) groups is 2. The van der Waals surface area contributed by atoms with Gasteiger partial charge in [-0.2, -0.15) is 36.5 Å². The first-order chi connectivity index (χ1) is 35.0. The van der Waals surface area contributed by atoms with Crippen LogP contribution >= 0.6 is 22.6 Å². The van der Waals surface area contributed by atoms with E-state index in [4.69, 9.17) is 5.73 Å². The number of hydrazine groups is 4. The number of aryl methyl sites for hydroxylation is 4. The normalized spacial score (nSPS) is 14.9. The van der Waals surface area contributed by atoms with E-state index in [-0.39, 0.29) is 33.9 Å². The van der Waals surface area contributed by atoms with Crippen molar-refractivity contribution >= 4 is 85.8 Å². The molecule has 3 aliphatic rings. The molecule has 24 heteroatoms. The zero-order valence-corrected chi connectivity index (χ0v) is 43.6. The fourth-order valence-electron chi connectivity index (χ4n) is 8.00. The molecule has 1 fully saturated rings. The predicted molar refractivity (Wildman–Crippen MR) is 284 cm³/mol. The number of anilines is 5. The number of hydrogen-bond donors (Lipinski definition) is 7. The molecule has 4 aromatic carbocycles. The second kappa shape index (κ2) is 22.3. The van der Waals surface area contributed by atoms with Gasteiger partial charge in [-0.3, -0.25) is 29.0 Å². The maximum absolute atomic E-state index is 13.6. The number of alkyl halides is 7. The molecule has 74 heavy (non-hydrogen) atoms. The Morgan fingerprint density at radius 2 is 1.12 bits per heavy atom. The lowest BCUT2D eigenvalue weighted by molar-refractivity contribution is -0.138. The molecule has 0 aliphatic carbocycles. The monoisotopic (exact) mass is 1140 g/mol. The topological polar surface area (TPSA) is 190 Å². The predicted octanol–water partition coefficient (Wildman–Crippen LogP) is 9.66. The van der Waals surface area contributed by atoms with Crippen molar-refractivity contribution in [2.75, 3.05) is 44.9 Å². The second-order valence-corrected chi connectivity index (χ2v) is 17.4. The van der Waals surface area contributed by atoms with Gasteiger partial charge in [0.15, 0.2) is 0 Å². The molecule has 0 radical (unpaired) electrons. The van der Waals surface area contributed by atoms with E-state index in [1.165, 1.54) is 12.1 Å². The van der Waals surface area contributed by atoms with Gasteiger partial charge >= 0.3 is 12.4 Å². The Balaban J connectivity index is 0.000000212. The van der Waals surface area contributed by atoms with Gasteiger partial charge in [-0.15, -0.1) is 11.1 Å². The van der Waals surface area contributed by atoms with Crippen molar-refractivity contribution in [2.45, 2.75) is 52.9 Å². The lowest BCUT2D eigenvalue weighted by Gasteiger charge is -2.19. The van der Waals surface area contributed by atoms with Crippen molar-refractivity contribution in [1.82, 2.24) is 46.4 Å². The molecule has 0 atom stereocenters. The molecule has 2 amide bonds. The van der Waals surface area contributed by atoms with Crippen molar-refractivity contribution in [2.24, 2.45) is 19.1 Å². The van der Waals surface area contributed by atoms with Crippen LogP contribution in [0.4, 0.5) is 60.5 Å². The van der Waals surface area contributed by atoms with Gasteiger partial charge in [-0.1, -0.05) is 34.7 Å². The molecule has 0 spiro atoms. The fraction of sp³-hybridized carbons (Fsp3) is 0.260. The minimum Gasteiger partial charge on any atom is -0.399 e. The summed E-state index contributed by atoms with van der Waals surface area (Å²) in [6.07, 6.45) is -0.375. The SMILES string of the molecule is CI.Cc1ccc(C(=O)Nc2cc(N)cc(C(F)(F)F)c2)cc1N1C=C(c2cnn(C)c2C)NN1.Cc1ccc(C(=O)Nc2cc(N=C3CCCN3C)cc(C(F)(F)F)c2)cc1N1C=C(c2cnn(C)c2C)NN1. The Morgan fingerprint density at radius 1 is 0.662 bits per heavy atom. The van der Waals surface area contributed by atoms with Gasteiger partial charge < -0.3 is 32.1 Å². The molecule has 5 heterocycles. The van der Waals surface area contributed by atoms with E-state index >= 15 is 0 Å². The summed E-state index contributed by atoms with van der Waals surface area (Å²) in [5.74, 6) is -0.378. The van der Waals surface area contributed by atoms with Gasteiger partial charge in [0.25, 0.3) is 11.8 Å². The highest BCUT2D eigenvalue weighted by molar-refractivity contribution is 14.1. The number of nitrogens with zero attached hydrogens (tertiary/aromatic N) is 8. The number of aliphatic imine (C=N–C) groups is 1. The second-order valence-electron chi connectivity index (χ2n) is 17.4. The number of likely N-dealkylation sites (tertiary alicyclic amines) is 1. The molecule has 3 aliphatic heterocycles. The van der Waals surface area contributed by atoms with Crippen LogP contribution in [0.25, 0.3) is 11.4 Å². The van der Waals surface area contributed by atoms with E-state index in [0.717, 1.165) is 88.1 Å². The number of carbonyl (C=O) groups excluding carboxylic acids is 2. The van der Waals surface area contributed by atoms with Crippen molar-refractivity contribution < 1.29 is 35.9 Å². The van der Waals surface area contributed by atoms with Gasteiger partial charge in [0.05, 0.1) is 52.0 Å². The summed E-state index contributed by atoms with van der Waals surface area (Å²) in [5.41, 5.74) is 25.2. The van der Waals surface area contributed by atoms with Gasteiger partial charge in [0, 0.05) is 97.2 Å². The molecule has 9 rings (SSSR count). The summed E-state index contributed by atoms with van der Waals surface area (Å²) in [6.45, 7) is 8.49. The number of nitrogens with two attached hydrogens (primary N) is 1. The van der Waals surface area contributed by atoms with Gasteiger partial charge in [0.1, 0.15) is 5.84 Å². The van der Waals surface area contributed by atoms with Crippen LogP contribution in [0.1, 0.15) is 78.3 Å². The van der Waals surface area contributed by atoms with Crippen LogP contribution in [0.5, 0.6) is 0 Å². The van der Waals surface area contributed by atoms with E-state index in [1.807, 2.05) is 71.1 Å². The minimum atomic E-state index is -4.58.